The van der Waals surface area contributed by atoms with Crippen molar-refractivity contribution in [1.29, 1.82) is 0 Å². The fourth-order valence-electron chi connectivity index (χ4n) is 5.72. The van der Waals surface area contributed by atoms with Crippen molar-refractivity contribution in [3.8, 4) is 17.2 Å². The lowest BCUT2D eigenvalue weighted by molar-refractivity contribution is -0.118. The molecule has 0 radical (unpaired) electrons. The minimum absolute atomic E-state index is 0.0137. The first-order valence-electron chi connectivity index (χ1n) is 18.5. The van der Waals surface area contributed by atoms with Gasteiger partial charge < -0.3 is 69.5 Å². The summed E-state index contributed by atoms with van der Waals surface area (Å²) in [4.78, 5) is 79.0. The molecule has 0 aliphatic heterocycles. The lowest BCUT2D eigenvalue weighted by Gasteiger charge is -2.21. The number of hydrogen-bond acceptors (Lipinski definition) is 13. The zero-order chi connectivity index (χ0) is 42.8. The molecule has 0 bridgehead atoms. The van der Waals surface area contributed by atoms with Crippen LogP contribution in [0.25, 0.3) is 0 Å². The maximum Gasteiger partial charge on any atom is 0.255 e. The maximum atomic E-state index is 13.7. The van der Waals surface area contributed by atoms with Gasteiger partial charge in [0.25, 0.3) is 17.7 Å². The molecule has 15 N–H and O–H groups in total. The van der Waals surface area contributed by atoms with Gasteiger partial charge in [-0.3, -0.25) is 28.8 Å². The molecule has 0 aliphatic carbocycles. The summed E-state index contributed by atoms with van der Waals surface area (Å²) in [7, 11) is 4.10. The number of hydrogen-bond donors (Lipinski definition) is 10. The first kappa shape index (κ1) is 46.1. The molecule has 0 saturated heterocycles. The molecule has 314 valence electrons. The van der Waals surface area contributed by atoms with Crippen LogP contribution in [0.1, 0.15) is 69.6 Å². The summed E-state index contributed by atoms with van der Waals surface area (Å²) in [6.07, 6.45) is 2.00. The predicted octanol–water partition coefficient (Wildman–Crippen LogP) is 0.768. The molecule has 3 aromatic carbocycles. The number of anilines is 3. The van der Waals surface area contributed by atoms with Crippen molar-refractivity contribution in [3.63, 3.8) is 0 Å². The second-order valence-electron chi connectivity index (χ2n) is 13.0. The lowest BCUT2D eigenvalue weighted by Crippen LogP contribution is -2.44. The summed E-state index contributed by atoms with van der Waals surface area (Å²) in [5.74, 6) is -3.27. The van der Waals surface area contributed by atoms with E-state index in [0.29, 0.717) is 32.2 Å². The second-order valence-corrected chi connectivity index (χ2v) is 13.0. The van der Waals surface area contributed by atoms with Gasteiger partial charge in [0.15, 0.2) is 0 Å². The molecule has 0 aliphatic rings. The van der Waals surface area contributed by atoms with Crippen molar-refractivity contribution < 1.29 is 43.0 Å². The quantitative estimate of drug-likeness (QED) is 0.0634. The molecular formula is C39H54N10O9. The van der Waals surface area contributed by atoms with E-state index in [1.165, 1.54) is 69.9 Å². The van der Waals surface area contributed by atoms with Crippen molar-refractivity contribution in [1.82, 2.24) is 10.6 Å². The number of rotatable bonds is 23. The minimum atomic E-state index is -1.10. The lowest BCUT2D eigenvalue weighted by atomic mass is 10.1. The number of primary amides is 1. The SMILES string of the molecule is COc1ccc(NC(=O)[C@H](CCCN)NC(=O)c2cc(NC(=O)[C@H](CCCN)NC(=O)c3cc(NC(=O)[C@@H](N)CCCN)ccc3OC)ccc2OC)cc1C(N)=O. The topological polar surface area (TPSA) is 320 Å². The fourth-order valence-corrected chi connectivity index (χ4v) is 5.72. The van der Waals surface area contributed by atoms with Crippen molar-refractivity contribution in [3.05, 3.63) is 71.3 Å². The maximum absolute atomic E-state index is 13.7. The van der Waals surface area contributed by atoms with Gasteiger partial charge >= 0.3 is 0 Å². The molecule has 0 heterocycles. The predicted molar refractivity (Wildman–Crippen MR) is 219 cm³/mol. The first-order valence-corrected chi connectivity index (χ1v) is 18.5. The Balaban J connectivity index is 1.82. The van der Waals surface area contributed by atoms with Gasteiger partial charge in [-0.05, 0) is 113 Å². The highest BCUT2D eigenvalue weighted by molar-refractivity contribution is 6.06. The average Bonchev–Trinajstić information content (AvgIpc) is 3.22. The molecule has 0 aromatic heterocycles. The number of nitrogens with one attached hydrogen (secondary N) is 5. The Bertz CT molecular complexity index is 1930. The summed E-state index contributed by atoms with van der Waals surface area (Å²) in [6.45, 7) is 0.846. The molecule has 0 saturated carbocycles. The molecule has 19 nitrogen and oxygen atoms in total. The fraction of sp³-hybridized carbons (Fsp3) is 0.385. The molecule has 3 rings (SSSR count). The number of nitrogens with two attached hydrogens (primary N) is 5. The largest absolute Gasteiger partial charge is 0.496 e. The number of carbonyl (C=O) groups excluding carboxylic acids is 6. The van der Waals surface area contributed by atoms with Crippen LogP contribution in [0.15, 0.2) is 54.6 Å². The van der Waals surface area contributed by atoms with Crippen molar-refractivity contribution in [2.45, 2.75) is 56.7 Å². The average molecular weight is 807 g/mol. The van der Waals surface area contributed by atoms with Crippen LogP contribution in [0, 0.1) is 0 Å². The van der Waals surface area contributed by atoms with Crippen LogP contribution in [-0.4, -0.2) is 94.5 Å². The summed E-state index contributed by atoms with van der Waals surface area (Å²) >= 11 is 0. The molecule has 3 atom stereocenters. The number of benzene rings is 3. The van der Waals surface area contributed by atoms with Gasteiger partial charge in [-0.15, -0.1) is 0 Å². The van der Waals surface area contributed by atoms with Gasteiger partial charge in [-0.1, -0.05) is 0 Å². The minimum Gasteiger partial charge on any atom is -0.496 e. The van der Waals surface area contributed by atoms with Crippen LogP contribution in [-0.2, 0) is 14.4 Å². The van der Waals surface area contributed by atoms with E-state index in [9.17, 15) is 28.8 Å². The summed E-state index contributed by atoms with van der Waals surface area (Å²) in [5, 5.41) is 13.5. The van der Waals surface area contributed by atoms with E-state index in [4.69, 9.17) is 42.9 Å². The normalized spacial score (nSPS) is 12.3. The molecule has 6 amide bonds. The Morgan fingerprint density at radius 2 is 0.879 bits per heavy atom. The molecule has 58 heavy (non-hydrogen) atoms. The van der Waals surface area contributed by atoms with Gasteiger partial charge in [-0.25, -0.2) is 0 Å². The van der Waals surface area contributed by atoms with E-state index in [0.717, 1.165) is 0 Å². The van der Waals surface area contributed by atoms with E-state index in [-0.39, 0.29) is 76.9 Å². The van der Waals surface area contributed by atoms with E-state index >= 15 is 0 Å². The zero-order valence-corrected chi connectivity index (χ0v) is 32.9. The van der Waals surface area contributed by atoms with Gasteiger partial charge in [0.05, 0.1) is 44.1 Å². The van der Waals surface area contributed by atoms with Crippen molar-refractivity contribution in [2.24, 2.45) is 28.7 Å². The van der Waals surface area contributed by atoms with Crippen LogP contribution >= 0.6 is 0 Å². The summed E-state index contributed by atoms with van der Waals surface area (Å²) in [5.41, 5.74) is 29.2. The second kappa shape index (κ2) is 23.1. The Morgan fingerprint density at radius 3 is 1.24 bits per heavy atom. The third kappa shape index (κ3) is 13.2. The van der Waals surface area contributed by atoms with E-state index in [1.54, 1.807) is 6.07 Å². The van der Waals surface area contributed by atoms with Crippen molar-refractivity contribution in [2.75, 3.05) is 56.9 Å². The summed E-state index contributed by atoms with van der Waals surface area (Å²) in [6, 6.07) is 10.1. The molecule has 0 unspecified atom stereocenters. The smallest absolute Gasteiger partial charge is 0.255 e. The Hall–Kier alpha value is -6.28. The van der Waals surface area contributed by atoms with E-state index < -0.39 is 53.6 Å². The highest BCUT2D eigenvalue weighted by Crippen LogP contribution is 2.26. The van der Waals surface area contributed by atoms with Gasteiger partial charge in [0.2, 0.25) is 17.7 Å². The van der Waals surface area contributed by atoms with Crippen LogP contribution in [0.3, 0.4) is 0 Å². The van der Waals surface area contributed by atoms with Crippen molar-refractivity contribution >= 4 is 52.5 Å². The van der Waals surface area contributed by atoms with Crippen LogP contribution in [0.4, 0.5) is 17.1 Å². The van der Waals surface area contributed by atoms with Crippen LogP contribution < -0.4 is 69.5 Å². The monoisotopic (exact) mass is 806 g/mol. The van der Waals surface area contributed by atoms with Crippen LogP contribution in [0.2, 0.25) is 0 Å². The summed E-state index contributed by atoms with van der Waals surface area (Å²) < 4.78 is 16.0. The van der Waals surface area contributed by atoms with E-state index in [2.05, 4.69) is 26.6 Å². The molecule has 19 heteroatoms. The van der Waals surface area contributed by atoms with Crippen LogP contribution in [0.5, 0.6) is 17.2 Å². The van der Waals surface area contributed by atoms with Gasteiger partial charge in [0.1, 0.15) is 29.3 Å². The Labute approximate surface area is 336 Å². The highest BCUT2D eigenvalue weighted by Gasteiger charge is 2.27. The van der Waals surface area contributed by atoms with Gasteiger partial charge in [0, 0.05) is 17.1 Å². The number of methoxy groups -OCH3 is 3. The molecule has 0 spiro atoms. The third-order valence-corrected chi connectivity index (χ3v) is 8.85. The third-order valence-electron chi connectivity index (χ3n) is 8.85. The molecule has 0 fully saturated rings. The Kier molecular flexibility index (Phi) is 18.3. The molecular weight excluding hydrogens is 752 g/mol. The number of carbonyl (C=O) groups is 6. The molecule has 3 aromatic rings. The zero-order valence-electron chi connectivity index (χ0n) is 32.9. The van der Waals surface area contributed by atoms with E-state index in [1.807, 2.05) is 0 Å². The number of amides is 6. The first-order chi connectivity index (χ1) is 27.8. The van der Waals surface area contributed by atoms with Gasteiger partial charge in [-0.2, -0.15) is 0 Å². The standard InChI is InChI=1S/C39H54N10O9/c1-56-31-13-10-22(19-25(31)34(44)50)46-38(54)29(8-5-17-41)48-36(52)27-21-24(12-15-33(27)58-3)47-39(55)30(9-6-18-42)49-35(51)26-20-23(11-14-32(26)57-2)45-37(53)28(43)7-4-16-40/h10-15,19-21,28-30H,4-9,16-18,40-43H2,1-3H3,(H2,44,50)(H,45,53)(H,46,54)(H,47,55)(H,48,52)(H,49,51)/t28-,29-,30-/m0/s1. The Morgan fingerprint density at radius 1 is 0.534 bits per heavy atom. The number of ether oxygens (including phenoxy) is 3. The highest BCUT2D eigenvalue weighted by atomic mass is 16.5.